The van der Waals surface area contributed by atoms with E-state index in [9.17, 15) is 18.0 Å². The van der Waals surface area contributed by atoms with Crippen molar-refractivity contribution in [3.63, 3.8) is 0 Å². The Morgan fingerprint density at radius 2 is 1.71 bits per heavy atom. The molecule has 0 saturated carbocycles. The number of anilines is 1. The minimum absolute atomic E-state index is 0.0383. The van der Waals surface area contributed by atoms with Crippen LogP contribution in [0.1, 0.15) is 34.3 Å². The largest absolute Gasteiger partial charge is 0.369 e. The summed E-state index contributed by atoms with van der Waals surface area (Å²) in [5.41, 5.74) is 7.55. The first-order valence-electron chi connectivity index (χ1n) is 10.2. The number of nitrogens with two attached hydrogens (primary N) is 1. The molecular weight excluding hydrogens is 416 g/mol. The van der Waals surface area contributed by atoms with Gasteiger partial charge in [-0.3, -0.25) is 19.2 Å². The highest BCUT2D eigenvalue weighted by Crippen LogP contribution is 2.21. The molecule has 4 N–H and O–H groups in total. The van der Waals surface area contributed by atoms with Crippen LogP contribution < -0.4 is 15.8 Å². The summed E-state index contributed by atoms with van der Waals surface area (Å²) in [6.45, 7) is 5.17. The number of primary amides is 1. The van der Waals surface area contributed by atoms with Crippen molar-refractivity contribution >= 4 is 27.5 Å². The first-order chi connectivity index (χ1) is 14.6. The first kappa shape index (κ1) is 22.8. The highest BCUT2D eigenvalue weighted by Gasteiger charge is 2.23. The van der Waals surface area contributed by atoms with Crippen LogP contribution in [0.4, 0.5) is 5.69 Å². The first-order valence-corrected chi connectivity index (χ1v) is 11.6. The molecule has 0 bridgehead atoms. The molecule has 1 heterocycles. The molecule has 9 heteroatoms. The van der Waals surface area contributed by atoms with Crippen LogP contribution in [0.25, 0.3) is 0 Å². The van der Waals surface area contributed by atoms with Crippen LogP contribution >= 0.6 is 0 Å². The van der Waals surface area contributed by atoms with Gasteiger partial charge in [0.15, 0.2) is 0 Å². The Kier molecular flexibility index (Phi) is 6.97. The van der Waals surface area contributed by atoms with Crippen LogP contribution in [0.3, 0.4) is 0 Å². The Morgan fingerprint density at radius 1 is 1.06 bits per heavy atom. The molecule has 0 aliphatic carbocycles. The number of sulfonamides is 1. The Morgan fingerprint density at radius 3 is 2.32 bits per heavy atom. The van der Waals surface area contributed by atoms with Crippen LogP contribution in [0.5, 0.6) is 0 Å². The summed E-state index contributed by atoms with van der Waals surface area (Å²) >= 11 is 0. The van der Waals surface area contributed by atoms with Gasteiger partial charge in [0, 0.05) is 30.4 Å². The summed E-state index contributed by atoms with van der Waals surface area (Å²) < 4.78 is 28.4. The van der Waals surface area contributed by atoms with E-state index in [0.717, 1.165) is 5.56 Å². The molecule has 0 radical (unpaired) electrons. The molecule has 1 fully saturated rings. The van der Waals surface area contributed by atoms with Gasteiger partial charge >= 0.3 is 0 Å². The zero-order valence-electron chi connectivity index (χ0n) is 17.7. The molecule has 1 aliphatic heterocycles. The van der Waals surface area contributed by atoms with Gasteiger partial charge in [0.2, 0.25) is 5.91 Å². The third-order valence-electron chi connectivity index (χ3n) is 5.35. The number of hydrogen-bond donors (Lipinski definition) is 3. The summed E-state index contributed by atoms with van der Waals surface area (Å²) in [5.74, 6) is -0.685. The average molecular weight is 445 g/mol. The maximum Gasteiger partial charge on any atom is 0.262 e. The smallest absolute Gasteiger partial charge is 0.262 e. The van der Waals surface area contributed by atoms with Gasteiger partial charge in [-0.2, -0.15) is 0 Å². The summed E-state index contributed by atoms with van der Waals surface area (Å²) in [7, 11) is -3.85. The third kappa shape index (κ3) is 6.05. The van der Waals surface area contributed by atoms with Gasteiger partial charge < -0.3 is 11.1 Å². The van der Waals surface area contributed by atoms with E-state index in [4.69, 9.17) is 5.73 Å². The fourth-order valence-electron chi connectivity index (χ4n) is 3.59. The van der Waals surface area contributed by atoms with Crippen molar-refractivity contribution in [2.75, 3.05) is 24.4 Å². The number of nitrogens with zero attached hydrogens (tertiary/aromatic N) is 1. The van der Waals surface area contributed by atoms with E-state index in [1.807, 2.05) is 24.0 Å². The fraction of sp³-hybridized carbons (Fsp3) is 0.364. The minimum Gasteiger partial charge on any atom is -0.369 e. The summed E-state index contributed by atoms with van der Waals surface area (Å²) in [6.07, 6.45) is 1.40. The number of carbonyl (C=O) groups is 2. The number of nitrogens with one attached hydrogen (secondary N) is 2. The highest BCUT2D eigenvalue weighted by atomic mass is 32.2. The van der Waals surface area contributed by atoms with Gasteiger partial charge in [-0.1, -0.05) is 23.8 Å². The van der Waals surface area contributed by atoms with Gasteiger partial charge in [-0.25, -0.2) is 8.42 Å². The fourth-order valence-corrected chi connectivity index (χ4v) is 4.92. The Labute approximate surface area is 182 Å². The second-order valence-electron chi connectivity index (χ2n) is 7.94. The minimum atomic E-state index is -3.85. The molecule has 0 atom stereocenters. The lowest BCUT2D eigenvalue weighted by atomic mass is 10.0. The van der Waals surface area contributed by atoms with Gasteiger partial charge in [-0.15, -0.1) is 0 Å². The predicted octanol–water partition coefficient (Wildman–Crippen LogP) is 1.78. The zero-order chi connectivity index (χ0) is 22.6. The van der Waals surface area contributed by atoms with Crippen molar-refractivity contribution in [1.82, 2.24) is 10.2 Å². The monoisotopic (exact) mass is 444 g/mol. The van der Waals surface area contributed by atoms with Crippen molar-refractivity contribution in [1.29, 1.82) is 0 Å². The molecule has 1 saturated heterocycles. The van der Waals surface area contributed by atoms with Crippen LogP contribution in [0.2, 0.25) is 0 Å². The van der Waals surface area contributed by atoms with Gasteiger partial charge in [0.05, 0.1) is 11.4 Å². The normalized spacial score (nSPS) is 15.4. The Bertz CT molecular complexity index is 1060. The zero-order valence-corrected chi connectivity index (χ0v) is 18.5. The van der Waals surface area contributed by atoms with E-state index in [1.165, 1.54) is 6.07 Å². The molecule has 1 aliphatic rings. The van der Waals surface area contributed by atoms with Crippen LogP contribution in [-0.2, 0) is 14.8 Å². The van der Waals surface area contributed by atoms with E-state index >= 15 is 0 Å². The molecule has 2 amide bonds. The second kappa shape index (κ2) is 9.49. The van der Waals surface area contributed by atoms with Crippen molar-refractivity contribution < 1.29 is 18.0 Å². The number of hydrogen-bond acceptors (Lipinski definition) is 5. The number of benzene rings is 2. The highest BCUT2D eigenvalue weighted by molar-refractivity contribution is 7.92. The Hall–Kier alpha value is -2.91. The topological polar surface area (TPSA) is 122 Å². The maximum absolute atomic E-state index is 12.9. The SMILES string of the molecule is Cc1ccc(NS(=O)(=O)c2cc(C(=O)NC3CCN(CC(N)=O)CC3)ccc2C)cc1. The lowest BCUT2D eigenvalue weighted by Gasteiger charge is -2.31. The standard InChI is InChI=1S/C22H28N4O4S/c1-15-3-7-19(8-4-15)25-31(29,30)20-13-17(6-5-16(20)2)22(28)24-18-9-11-26(12-10-18)14-21(23)27/h3-8,13,18,25H,9-12,14H2,1-2H3,(H2,23,27)(H,24,28). The van der Waals surface area contributed by atoms with Crippen molar-refractivity contribution in [3.8, 4) is 0 Å². The molecule has 0 unspecified atom stereocenters. The molecular formula is C22H28N4O4S. The third-order valence-corrected chi connectivity index (χ3v) is 6.87. The number of aryl methyl sites for hydroxylation is 2. The maximum atomic E-state index is 12.9. The average Bonchev–Trinajstić information content (AvgIpc) is 2.71. The molecule has 2 aromatic rings. The van der Waals surface area contributed by atoms with E-state index in [0.29, 0.717) is 37.2 Å². The molecule has 0 spiro atoms. The summed E-state index contributed by atoms with van der Waals surface area (Å²) in [6, 6.07) is 11.7. The molecule has 31 heavy (non-hydrogen) atoms. The lowest BCUT2D eigenvalue weighted by Crippen LogP contribution is -2.46. The van der Waals surface area contributed by atoms with Gasteiger partial charge in [-0.05, 0) is 56.5 Å². The number of amides is 2. The van der Waals surface area contributed by atoms with E-state index in [-0.39, 0.29) is 34.9 Å². The molecule has 0 aromatic heterocycles. The van der Waals surface area contributed by atoms with Crippen LogP contribution in [0, 0.1) is 13.8 Å². The number of carbonyl (C=O) groups excluding carboxylic acids is 2. The van der Waals surface area contributed by atoms with Crippen molar-refractivity contribution in [3.05, 3.63) is 59.2 Å². The van der Waals surface area contributed by atoms with Crippen LogP contribution in [-0.4, -0.2) is 50.8 Å². The predicted molar refractivity (Wildman–Crippen MR) is 119 cm³/mol. The molecule has 2 aromatic carbocycles. The number of piperidine rings is 1. The summed E-state index contributed by atoms with van der Waals surface area (Å²) in [5, 5.41) is 2.97. The molecule has 166 valence electrons. The Balaban J connectivity index is 1.69. The molecule has 8 nitrogen and oxygen atoms in total. The second-order valence-corrected chi connectivity index (χ2v) is 9.59. The number of rotatable bonds is 7. The quantitative estimate of drug-likeness (QED) is 0.601. The number of likely N-dealkylation sites (tertiary alicyclic amines) is 1. The van der Waals surface area contributed by atoms with Gasteiger partial charge in [0.1, 0.15) is 0 Å². The van der Waals surface area contributed by atoms with Gasteiger partial charge in [0.25, 0.3) is 15.9 Å². The van der Waals surface area contributed by atoms with Crippen molar-refractivity contribution in [2.45, 2.75) is 37.6 Å². The summed E-state index contributed by atoms with van der Waals surface area (Å²) in [4.78, 5) is 25.8. The van der Waals surface area contributed by atoms with E-state index in [2.05, 4.69) is 10.0 Å². The van der Waals surface area contributed by atoms with E-state index in [1.54, 1.807) is 31.2 Å². The molecule has 3 rings (SSSR count). The van der Waals surface area contributed by atoms with Crippen LogP contribution in [0.15, 0.2) is 47.4 Å². The lowest BCUT2D eigenvalue weighted by molar-refractivity contribution is -0.119. The van der Waals surface area contributed by atoms with E-state index < -0.39 is 10.0 Å². The van der Waals surface area contributed by atoms with Crippen molar-refractivity contribution in [2.24, 2.45) is 5.73 Å².